The molecule has 1 aromatic heterocycles. The number of nitrogens with zero attached hydrogens (tertiary/aromatic N) is 3. The molecule has 0 aliphatic carbocycles. The third kappa shape index (κ3) is 3.12. The van der Waals surface area contributed by atoms with Gasteiger partial charge in [0.05, 0.1) is 0 Å². The molecule has 1 aromatic rings. The van der Waals surface area contributed by atoms with Gasteiger partial charge in [0.2, 0.25) is 0 Å². The Morgan fingerprint density at radius 3 is 2.44 bits per heavy atom. The van der Waals surface area contributed by atoms with Crippen molar-refractivity contribution in [3.63, 3.8) is 0 Å². The molecule has 0 saturated carbocycles. The van der Waals surface area contributed by atoms with E-state index in [0.717, 1.165) is 24.5 Å². The maximum absolute atomic E-state index is 4.48. The fourth-order valence-corrected chi connectivity index (χ4v) is 2.04. The first-order chi connectivity index (χ1) is 8.52. The third-order valence-electron chi connectivity index (χ3n) is 3.57. The maximum Gasteiger partial charge on any atom is 0.137 e. The summed E-state index contributed by atoms with van der Waals surface area (Å²) in [6.07, 6.45) is 3.74. The second-order valence-electron chi connectivity index (χ2n) is 5.12. The van der Waals surface area contributed by atoms with Gasteiger partial charge in [0.25, 0.3) is 0 Å². The van der Waals surface area contributed by atoms with Gasteiger partial charge in [-0.2, -0.15) is 0 Å². The second kappa shape index (κ2) is 6.57. The second-order valence-corrected chi connectivity index (χ2v) is 5.12. The molecule has 0 aliphatic rings. The van der Waals surface area contributed by atoms with Crippen molar-refractivity contribution in [3.8, 4) is 0 Å². The van der Waals surface area contributed by atoms with Gasteiger partial charge in [0.15, 0.2) is 0 Å². The summed E-state index contributed by atoms with van der Waals surface area (Å²) < 4.78 is 0. The normalized spacial score (nSPS) is 12.6. The number of hydrogen-bond acceptors (Lipinski definition) is 4. The van der Waals surface area contributed by atoms with E-state index < -0.39 is 0 Å². The molecule has 1 unspecified atom stereocenters. The molecule has 0 saturated heterocycles. The van der Waals surface area contributed by atoms with E-state index in [1.165, 1.54) is 5.56 Å². The summed E-state index contributed by atoms with van der Waals surface area (Å²) in [5.41, 5.74) is 1.22. The van der Waals surface area contributed by atoms with Crippen molar-refractivity contribution >= 4 is 11.6 Å². The molecule has 1 heterocycles. The van der Waals surface area contributed by atoms with Gasteiger partial charge < -0.3 is 10.2 Å². The topological polar surface area (TPSA) is 41.1 Å². The van der Waals surface area contributed by atoms with Crippen LogP contribution in [0.1, 0.15) is 39.7 Å². The zero-order valence-corrected chi connectivity index (χ0v) is 12.5. The van der Waals surface area contributed by atoms with Crippen LogP contribution >= 0.6 is 0 Å². The Kier molecular flexibility index (Phi) is 5.38. The van der Waals surface area contributed by atoms with Crippen LogP contribution in [0.15, 0.2) is 6.33 Å². The predicted octanol–water partition coefficient (Wildman–Crippen LogP) is 2.95. The minimum Gasteiger partial charge on any atom is -0.373 e. The quantitative estimate of drug-likeness (QED) is 0.843. The van der Waals surface area contributed by atoms with E-state index in [0.29, 0.717) is 12.0 Å². The van der Waals surface area contributed by atoms with Gasteiger partial charge in [0.1, 0.15) is 18.0 Å². The van der Waals surface area contributed by atoms with E-state index in [2.05, 4.69) is 54.9 Å². The van der Waals surface area contributed by atoms with Crippen molar-refractivity contribution in [1.82, 2.24) is 9.97 Å². The molecule has 0 radical (unpaired) electrons. The van der Waals surface area contributed by atoms with Crippen LogP contribution in [0, 0.1) is 5.92 Å². The lowest BCUT2D eigenvalue weighted by molar-refractivity contribution is 0.501. The molecule has 4 nitrogen and oxygen atoms in total. The molecule has 1 N–H and O–H groups in total. The Balaban J connectivity index is 3.14. The zero-order valence-electron chi connectivity index (χ0n) is 12.5. The summed E-state index contributed by atoms with van der Waals surface area (Å²) in [5, 5.41) is 3.17. The summed E-state index contributed by atoms with van der Waals surface area (Å²) in [6, 6.07) is 0.459. The van der Waals surface area contributed by atoms with Gasteiger partial charge in [-0.15, -0.1) is 0 Å². The van der Waals surface area contributed by atoms with Gasteiger partial charge in [0, 0.05) is 25.7 Å². The summed E-state index contributed by atoms with van der Waals surface area (Å²) in [5.74, 6) is 2.60. The highest BCUT2D eigenvalue weighted by molar-refractivity contribution is 5.58. The lowest BCUT2D eigenvalue weighted by atomic mass is 10.0. The molecular weight excluding hydrogens is 224 g/mol. The first kappa shape index (κ1) is 14.7. The van der Waals surface area contributed by atoms with Crippen molar-refractivity contribution in [2.75, 3.05) is 24.3 Å². The highest BCUT2D eigenvalue weighted by Gasteiger charge is 2.19. The lowest BCUT2D eigenvalue weighted by Gasteiger charge is -2.30. The molecule has 4 heteroatoms. The van der Waals surface area contributed by atoms with E-state index in [1.807, 2.05) is 7.05 Å². The number of aromatic nitrogens is 2. The molecule has 0 aromatic carbocycles. The van der Waals surface area contributed by atoms with Crippen LogP contribution in [-0.4, -0.2) is 30.1 Å². The maximum atomic E-state index is 4.48. The van der Waals surface area contributed by atoms with E-state index in [4.69, 9.17) is 0 Å². The third-order valence-corrected chi connectivity index (χ3v) is 3.57. The number of hydrogen-bond donors (Lipinski definition) is 1. The van der Waals surface area contributed by atoms with E-state index in [1.54, 1.807) is 6.33 Å². The van der Waals surface area contributed by atoms with Crippen molar-refractivity contribution in [3.05, 3.63) is 11.9 Å². The fraction of sp³-hybridized carbons (Fsp3) is 0.714. The first-order valence-electron chi connectivity index (χ1n) is 6.77. The predicted molar refractivity (Wildman–Crippen MR) is 78.3 cm³/mol. The van der Waals surface area contributed by atoms with Gasteiger partial charge in [-0.25, -0.2) is 9.97 Å². The minimum absolute atomic E-state index is 0.459. The monoisotopic (exact) mass is 250 g/mol. The molecule has 102 valence electrons. The first-order valence-corrected chi connectivity index (χ1v) is 6.77. The summed E-state index contributed by atoms with van der Waals surface area (Å²) >= 11 is 0. The Morgan fingerprint density at radius 2 is 1.94 bits per heavy atom. The van der Waals surface area contributed by atoms with Gasteiger partial charge in [-0.05, 0) is 19.3 Å². The van der Waals surface area contributed by atoms with Crippen LogP contribution in [0.4, 0.5) is 11.6 Å². The van der Waals surface area contributed by atoms with Crippen LogP contribution in [0.25, 0.3) is 0 Å². The Morgan fingerprint density at radius 1 is 1.28 bits per heavy atom. The zero-order chi connectivity index (χ0) is 13.7. The van der Waals surface area contributed by atoms with Crippen LogP contribution in [0.5, 0.6) is 0 Å². The summed E-state index contributed by atoms with van der Waals surface area (Å²) in [4.78, 5) is 11.1. The van der Waals surface area contributed by atoms with E-state index in [-0.39, 0.29) is 0 Å². The molecule has 0 spiro atoms. The Hall–Kier alpha value is -1.32. The Labute approximate surface area is 111 Å². The molecular formula is C14H26N4. The molecule has 18 heavy (non-hydrogen) atoms. The fourth-order valence-electron chi connectivity index (χ4n) is 2.04. The molecule has 0 amide bonds. The molecule has 0 fully saturated rings. The molecule has 1 atom stereocenters. The largest absolute Gasteiger partial charge is 0.373 e. The molecule has 0 aliphatic heterocycles. The minimum atomic E-state index is 0.459. The smallest absolute Gasteiger partial charge is 0.137 e. The van der Waals surface area contributed by atoms with E-state index in [9.17, 15) is 0 Å². The summed E-state index contributed by atoms with van der Waals surface area (Å²) in [6.45, 7) is 8.89. The number of anilines is 2. The van der Waals surface area contributed by atoms with Crippen molar-refractivity contribution in [2.45, 2.75) is 46.6 Å². The average Bonchev–Trinajstić information content (AvgIpc) is 2.37. The van der Waals surface area contributed by atoms with Gasteiger partial charge >= 0.3 is 0 Å². The van der Waals surface area contributed by atoms with Gasteiger partial charge in [-0.3, -0.25) is 0 Å². The van der Waals surface area contributed by atoms with E-state index >= 15 is 0 Å². The van der Waals surface area contributed by atoms with Crippen molar-refractivity contribution in [1.29, 1.82) is 0 Å². The molecule has 1 rings (SSSR count). The number of nitrogens with one attached hydrogen (secondary N) is 1. The van der Waals surface area contributed by atoms with Crippen LogP contribution < -0.4 is 10.2 Å². The Bertz CT molecular complexity index is 376. The highest BCUT2D eigenvalue weighted by Crippen LogP contribution is 2.26. The van der Waals surface area contributed by atoms with Gasteiger partial charge in [-0.1, -0.05) is 27.2 Å². The van der Waals surface area contributed by atoms with Crippen LogP contribution in [0.3, 0.4) is 0 Å². The number of rotatable bonds is 6. The standard InChI is InChI=1S/C14H26N4/c1-7-8-12-13(15-5)16-9-17-14(12)18(6)11(4)10(2)3/h9-11H,7-8H2,1-6H3,(H,15,16,17). The van der Waals surface area contributed by atoms with Crippen LogP contribution in [0.2, 0.25) is 0 Å². The van der Waals surface area contributed by atoms with Crippen molar-refractivity contribution < 1.29 is 0 Å². The van der Waals surface area contributed by atoms with Crippen molar-refractivity contribution in [2.24, 2.45) is 5.92 Å². The lowest BCUT2D eigenvalue weighted by Crippen LogP contribution is -2.34. The highest BCUT2D eigenvalue weighted by atomic mass is 15.2. The van der Waals surface area contributed by atoms with Crippen LogP contribution in [-0.2, 0) is 6.42 Å². The summed E-state index contributed by atoms with van der Waals surface area (Å²) in [7, 11) is 4.03. The molecule has 0 bridgehead atoms. The average molecular weight is 250 g/mol. The SMILES string of the molecule is CCCc1c(NC)ncnc1N(C)C(C)C(C)C.